The standard InChI is InChI=1S/C10H19NS/c1-9(2)10-11-7-5-3-4-6-8-12-10/h9H,3-8H2,1-2H3/b11-10-. The van der Waals surface area contributed by atoms with Crippen molar-refractivity contribution >= 4 is 16.8 Å². The van der Waals surface area contributed by atoms with Gasteiger partial charge in [-0.2, -0.15) is 0 Å². The third-order valence-electron chi connectivity index (χ3n) is 2.06. The van der Waals surface area contributed by atoms with Gasteiger partial charge in [-0.15, -0.1) is 11.8 Å². The van der Waals surface area contributed by atoms with Gasteiger partial charge in [-0.05, 0) is 18.6 Å². The Morgan fingerprint density at radius 3 is 2.67 bits per heavy atom. The van der Waals surface area contributed by atoms with Crippen molar-refractivity contribution in [2.45, 2.75) is 39.5 Å². The predicted octanol–water partition coefficient (Wildman–Crippen LogP) is 3.35. The summed E-state index contributed by atoms with van der Waals surface area (Å²) in [5, 5.41) is 1.37. The van der Waals surface area contributed by atoms with Crippen LogP contribution in [0.4, 0.5) is 0 Å². The Kier molecular flexibility index (Phi) is 4.74. The number of thioether (sulfide) groups is 1. The van der Waals surface area contributed by atoms with E-state index in [0.29, 0.717) is 5.92 Å². The van der Waals surface area contributed by atoms with E-state index in [1.54, 1.807) is 0 Å². The molecule has 0 saturated carbocycles. The first-order valence-electron chi connectivity index (χ1n) is 4.98. The van der Waals surface area contributed by atoms with E-state index >= 15 is 0 Å². The second-order valence-corrected chi connectivity index (χ2v) is 4.75. The fourth-order valence-electron chi connectivity index (χ4n) is 1.33. The van der Waals surface area contributed by atoms with Gasteiger partial charge < -0.3 is 0 Å². The average molecular weight is 185 g/mol. The molecule has 0 fully saturated rings. The molecule has 0 aliphatic carbocycles. The zero-order valence-corrected chi connectivity index (χ0v) is 8.99. The van der Waals surface area contributed by atoms with Crippen LogP contribution in [0.15, 0.2) is 4.99 Å². The number of nitrogens with zero attached hydrogens (tertiary/aromatic N) is 1. The maximum atomic E-state index is 4.62. The first kappa shape index (κ1) is 10.1. The van der Waals surface area contributed by atoms with E-state index < -0.39 is 0 Å². The molecule has 1 nitrogen and oxygen atoms in total. The number of rotatable bonds is 1. The predicted molar refractivity (Wildman–Crippen MR) is 58.1 cm³/mol. The summed E-state index contributed by atoms with van der Waals surface area (Å²) in [6, 6.07) is 0. The summed E-state index contributed by atoms with van der Waals surface area (Å²) < 4.78 is 0. The van der Waals surface area contributed by atoms with E-state index in [0.717, 1.165) is 6.54 Å². The van der Waals surface area contributed by atoms with Crippen molar-refractivity contribution in [1.82, 2.24) is 0 Å². The molecule has 1 rings (SSSR count). The van der Waals surface area contributed by atoms with Crippen LogP contribution in [0.1, 0.15) is 39.5 Å². The Morgan fingerprint density at radius 2 is 1.92 bits per heavy atom. The molecule has 12 heavy (non-hydrogen) atoms. The maximum Gasteiger partial charge on any atom is 0.0701 e. The molecule has 1 aliphatic heterocycles. The normalized spacial score (nSPS) is 25.4. The Balaban J connectivity index is 2.44. The molecule has 0 N–H and O–H groups in total. The molecule has 1 aliphatic rings. The molecule has 0 aromatic heterocycles. The van der Waals surface area contributed by atoms with Crippen LogP contribution in [0, 0.1) is 5.92 Å². The lowest BCUT2D eigenvalue weighted by molar-refractivity contribution is 0.680. The van der Waals surface area contributed by atoms with Crippen molar-refractivity contribution in [2.24, 2.45) is 10.9 Å². The first-order chi connectivity index (χ1) is 5.80. The fourth-order valence-corrected chi connectivity index (χ4v) is 2.40. The molecule has 0 radical (unpaired) electrons. The number of hydrogen-bond acceptors (Lipinski definition) is 2. The molecule has 0 saturated heterocycles. The highest BCUT2D eigenvalue weighted by atomic mass is 32.2. The van der Waals surface area contributed by atoms with Crippen LogP contribution < -0.4 is 0 Å². The molecular formula is C10H19NS. The lowest BCUT2D eigenvalue weighted by Gasteiger charge is -2.07. The van der Waals surface area contributed by atoms with Crippen molar-refractivity contribution in [2.75, 3.05) is 12.3 Å². The molecule has 0 aromatic carbocycles. The summed E-state index contributed by atoms with van der Waals surface area (Å²) in [6.07, 6.45) is 5.43. The minimum Gasteiger partial charge on any atom is -0.283 e. The van der Waals surface area contributed by atoms with Gasteiger partial charge in [0, 0.05) is 12.5 Å². The van der Waals surface area contributed by atoms with Gasteiger partial charge in [0.1, 0.15) is 0 Å². The van der Waals surface area contributed by atoms with Crippen LogP contribution in [0.3, 0.4) is 0 Å². The van der Waals surface area contributed by atoms with E-state index in [4.69, 9.17) is 0 Å². The molecule has 0 amide bonds. The average Bonchev–Trinajstić information content (AvgIpc) is 2.15. The van der Waals surface area contributed by atoms with Crippen LogP contribution >= 0.6 is 11.8 Å². The van der Waals surface area contributed by atoms with Gasteiger partial charge in [0.2, 0.25) is 0 Å². The van der Waals surface area contributed by atoms with E-state index in [1.807, 2.05) is 11.8 Å². The van der Waals surface area contributed by atoms with Gasteiger partial charge in [-0.25, -0.2) is 0 Å². The summed E-state index contributed by atoms with van der Waals surface area (Å²) in [5.74, 6) is 1.91. The van der Waals surface area contributed by atoms with Crippen molar-refractivity contribution in [3.63, 3.8) is 0 Å². The Labute approximate surface area is 80.0 Å². The quantitative estimate of drug-likeness (QED) is 0.610. The highest BCUT2D eigenvalue weighted by Crippen LogP contribution is 2.17. The van der Waals surface area contributed by atoms with Gasteiger partial charge in [0.05, 0.1) is 5.04 Å². The summed E-state index contributed by atoms with van der Waals surface area (Å²) in [6.45, 7) is 5.54. The third kappa shape index (κ3) is 3.61. The lowest BCUT2D eigenvalue weighted by atomic mass is 10.2. The van der Waals surface area contributed by atoms with Gasteiger partial charge in [0.15, 0.2) is 0 Å². The minimum atomic E-state index is 0.632. The zero-order valence-electron chi connectivity index (χ0n) is 8.18. The largest absolute Gasteiger partial charge is 0.283 e. The second kappa shape index (κ2) is 5.63. The molecule has 1 heterocycles. The van der Waals surface area contributed by atoms with E-state index in [1.165, 1.54) is 36.5 Å². The Hall–Kier alpha value is 0.0200. The molecular weight excluding hydrogens is 166 g/mol. The van der Waals surface area contributed by atoms with Crippen molar-refractivity contribution in [3.05, 3.63) is 0 Å². The fraction of sp³-hybridized carbons (Fsp3) is 0.900. The third-order valence-corrected chi connectivity index (χ3v) is 3.45. The van der Waals surface area contributed by atoms with E-state index in [2.05, 4.69) is 18.8 Å². The summed E-state index contributed by atoms with van der Waals surface area (Å²) in [4.78, 5) is 4.62. The topological polar surface area (TPSA) is 12.4 Å². The molecule has 0 unspecified atom stereocenters. The molecule has 2 heteroatoms. The summed E-state index contributed by atoms with van der Waals surface area (Å²) in [7, 11) is 0. The van der Waals surface area contributed by atoms with Gasteiger partial charge >= 0.3 is 0 Å². The second-order valence-electron chi connectivity index (χ2n) is 3.64. The Morgan fingerprint density at radius 1 is 1.17 bits per heavy atom. The van der Waals surface area contributed by atoms with Crippen molar-refractivity contribution in [3.8, 4) is 0 Å². The van der Waals surface area contributed by atoms with E-state index in [-0.39, 0.29) is 0 Å². The SMILES string of the molecule is CC(C)/C1=N/CCCCCCS1. The molecule has 70 valence electrons. The molecule has 0 bridgehead atoms. The first-order valence-corrected chi connectivity index (χ1v) is 5.96. The van der Waals surface area contributed by atoms with Gasteiger partial charge in [-0.3, -0.25) is 4.99 Å². The minimum absolute atomic E-state index is 0.632. The van der Waals surface area contributed by atoms with Crippen LogP contribution in [0.5, 0.6) is 0 Å². The highest BCUT2D eigenvalue weighted by Gasteiger charge is 2.06. The highest BCUT2D eigenvalue weighted by molar-refractivity contribution is 8.13. The number of hydrogen-bond donors (Lipinski definition) is 0. The van der Waals surface area contributed by atoms with Crippen LogP contribution in [-0.4, -0.2) is 17.3 Å². The maximum absolute atomic E-state index is 4.62. The van der Waals surface area contributed by atoms with Crippen LogP contribution in [0.25, 0.3) is 0 Å². The van der Waals surface area contributed by atoms with Gasteiger partial charge in [0.25, 0.3) is 0 Å². The summed E-state index contributed by atoms with van der Waals surface area (Å²) in [5.41, 5.74) is 0. The lowest BCUT2D eigenvalue weighted by Crippen LogP contribution is -2.04. The Bertz CT molecular complexity index is 152. The monoisotopic (exact) mass is 185 g/mol. The van der Waals surface area contributed by atoms with Crippen LogP contribution in [-0.2, 0) is 0 Å². The zero-order chi connectivity index (χ0) is 8.81. The molecule has 0 aromatic rings. The van der Waals surface area contributed by atoms with E-state index in [9.17, 15) is 0 Å². The van der Waals surface area contributed by atoms with Crippen molar-refractivity contribution in [1.29, 1.82) is 0 Å². The molecule has 0 atom stereocenters. The summed E-state index contributed by atoms with van der Waals surface area (Å²) >= 11 is 1.97. The van der Waals surface area contributed by atoms with Gasteiger partial charge in [-0.1, -0.05) is 26.7 Å². The molecule has 0 spiro atoms. The van der Waals surface area contributed by atoms with Crippen LogP contribution in [0.2, 0.25) is 0 Å². The number of aliphatic imine (C=N–C) groups is 1. The van der Waals surface area contributed by atoms with Crippen molar-refractivity contribution < 1.29 is 0 Å². The smallest absolute Gasteiger partial charge is 0.0701 e.